The lowest BCUT2D eigenvalue weighted by molar-refractivity contribution is 0.881. The Morgan fingerprint density at radius 3 is 2.64 bits per heavy atom. The maximum Gasteiger partial charge on any atom is 0.178 e. The van der Waals surface area contributed by atoms with Crippen LogP contribution < -0.4 is 0 Å². The monoisotopic (exact) mass is 188 g/mol. The fourth-order valence-electron chi connectivity index (χ4n) is 1.50. The predicted octanol–water partition coefficient (Wildman–Crippen LogP) is 1.35. The maximum absolute atomic E-state index is 3.94. The van der Waals surface area contributed by atoms with Crippen LogP contribution >= 0.6 is 0 Å². The zero-order valence-corrected chi connectivity index (χ0v) is 8.07. The summed E-state index contributed by atoms with van der Waals surface area (Å²) in [5, 5.41) is 13.9. The van der Waals surface area contributed by atoms with Gasteiger partial charge in [-0.25, -0.2) is 0 Å². The van der Waals surface area contributed by atoms with Crippen LogP contribution in [0.1, 0.15) is 23.9 Å². The van der Waals surface area contributed by atoms with E-state index in [0.29, 0.717) is 0 Å². The van der Waals surface area contributed by atoms with E-state index in [4.69, 9.17) is 0 Å². The second-order valence-corrected chi connectivity index (χ2v) is 3.13. The average molecular weight is 188 g/mol. The van der Waals surface area contributed by atoms with Gasteiger partial charge < -0.3 is 0 Å². The van der Waals surface area contributed by atoms with Gasteiger partial charge in [0.2, 0.25) is 0 Å². The summed E-state index contributed by atoms with van der Waals surface area (Å²) in [6, 6.07) is 8.33. The minimum Gasteiger partial charge on any atom is -0.177 e. The Hall–Kier alpha value is -1.71. The zero-order chi connectivity index (χ0) is 9.80. The number of H-pyrrole nitrogens is 1. The van der Waals surface area contributed by atoms with E-state index in [1.54, 1.807) is 0 Å². The highest BCUT2D eigenvalue weighted by Gasteiger charge is 2.03. The highest BCUT2D eigenvalue weighted by molar-refractivity contribution is 5.29. The third-order valence-corrected chi connectivity index (χ3v) is 2.24. The molecule has 0 saturated carbocycles. The summed E-state index contributed by atoms with van der Waals surface area (Å²) in [6.07, 6.45) is 1.79. The Morgan fingerprint density at radius 1 is 1.21 bits per heavy atom. The van der Waals surface area contributed by atoms with E-state index in [1.807, 2.05) is 6.07 Å². The summed E-state index contributed by atoms with van der Waals surface area (Å²) in [5.41, 5.74) is 2.62. The smallest absolute Gasteiger partial charge is 0.177 e. The van der Waals surface area contributed by atoms with Crippen LogP contribution in [0.5, 0.6) is 0 Å². The molecule has 14 heavy (non-hydrogen) atoms. The molecule has 2 rings (SSSR count). The van der Waals surface area contributed by atoms with Gasteiger partial charge in [0.25, 0.3) is 0 Å². The molecule has 0 amide bonds. The fourth-order valence-corrected chi connectivity index (χ4v) is 1.50. The lowest BCUT2D eigenvalue weighted by atomic mass is 10.0. The third kappa shape index (κ3) is 1.79. The molecule has 72 valence electrons. The molecule has 0 aliphatic carbocycles. The molecule has 1 heterocycles. The van der Waals surface area contributed by atoms with Crippen molar-refractivity contribution in [3.63, 3.8) is 0 Å². The summed E-state index contributed by atoms with van der Waals surface area (Å²) in [5.74, 6) is 0.742. The number of nitrogens with one attached hydrogen (secondary N) is 1. The lowest BCUT2D eigenvalue weighted by Gasteiger charge is -2.03. The van der Waals surface area contributed by atoms with Crippen molar-refractivity contribution < 1.29 is 0 Å². The number of nitrogens with zero attached hydrogens (tertiary/aromatic N) is 3. The van der Waals surface area contributed by atoms with Crippen LogP contribution in [-0.4, -0.2) is 20.6 Å². The standard InChI is InChI=1S/C10H12N4/c1-2-8-5-3-4-6-9(8)7-10-11-13-14-12-10/h3-6H,2,7H2,1H3,(H,11,12,13,14). The maximum atomic E-state index is 3.94. The SMILES string of the molecule is CCc1ccccc1Cc1nn[nH]n1. The first-order valence-corrected chi connectivity index (χ1v) is 4.69. The first-order chi connectivity index (χ1) is 6.90. The van der Waals surface area contributed by atoms with Crippen LogP contribution in [0.2, 0.25) is 0 Å². The first-order valence-electron chi connectivity index (χ1n) is 4.69. The Bertz CT molecular complexity index is 394. The van der Waals surface area contributed by atoms with Crippen molar-refractivity contribution in [3.05, 3.63) is 41.2 Å². The fraction of sp³-hybridized carbons (Fsp3) is 0.300. The molecule has 0 spiro atoms. The van der Waals surface area contributed by atoms with E-state index in [2.05, 4.69) is 45.7 Å². The van der Waals surface area contributed by atoms with Crippen molar-refractivity contribution in [1.82, 2.24) is 20.6 Å². The molecule has 0 aliphatic rings. The van der Waals surface area contributed by atoms with Gasteiger partial charge >= 0.3 is 0 Å². The number of aromatic amines is 1. The normalized spacial score (nSPS) is 10.4. The summed E-state index contributed by atoms with van der Waals surface area (Å²) in [6.45, 7) is 2.15. The van der Waals surface area contributed by atoms with Gasteiger partial charge in [-0.05, 0) is 17.5 Å². The second kappa shape index (κ2) is 4.00. The number of aryl methyl sites for hydroxylation is 1. The van der Waals surface area contributed by atoms with Crippen LogP contribution in [0.25, 0.3) is 0 Å². The Labute approximate surface area is 82.4 Å². The molecule has 0 radical (unpaired) electrons. The van der Waals surface area contributed by atoms with Gasteiger partial charge in [0, 0.05) is 6.42 Å². The van der Waals surface area contributed by atoms with E-state index < -0.39 is 0 Å². The summed E-state index contributed by atoms with van der Waals surface area (Å²) >= 11 is 0. The van der Waals surface area contributed by atoms with E-state index in [1.165, 1.54) is 11.1 Å². The molecule has 4 heteroatoms. The number of hydrogen-bond donors (Lipinski definition) is 1. The number of tetrazole rings is 1. The molecule has 1 N–H and O–H groups in total. The van der Waals surface area contributed by atoms with E-state index in [-0.39, 0.29) is 0 Å². The predicted molar refractivity (Wildman–Crippen MR) is 52.8 cm³/mol. The number of rotatable bonds is 3. The summed E-state index contributed by atoms with van der Waals surface area (Å²) in [4.78, 5) is 0. The molecule has 0 bridgehead atoms. The second-order valence-electron chi connectivity index (χ2n) is 3.13. The van der Waals surface area contributed by atoms with Crippen molar-refractivity contribution in [2.75, 3.05) is 0 Å². The lowest BCUT2D eigenvalue weighted by Crippen LogP contribution is -1.96. The Kier molecular flexibility index (Phi) is 2.53. The van der Waals surface area contributed by atoms with E-state index >= 15 is 0 Å². The topological polar surface area (TPSA) is 54.5 Å². The van der Waals surface area contributed by atoms with Gasteiger partial charge in [0.15, 0.2) is 5.82 Å². The number of aromatic nitrogens is 4. The molecule has 0 unspecified atom stereocenters. The molecule has 2 aromatic rings. The van der Waals surface area contributed by atoms with Crippen LogP contribution in [0.3, 0.4) is 0 Å². The molecule has 0 saturated heterocycles. The summed E-state index contributed by atoms with van der Waals surface area (Å²) < 4.78 is 0. The van der Waals surface area contributed by atoms with Gasteiger partial charge in [0.1, 0.15) is 0 Å². The van der Waals surface area contributed by atoms with Crippen LogP contribution in [0.15, 0.2) is 24.3 Å². The Balaban J connectivity index is 2.24. The summed E-state index contributed by atoms with van der Waals surface area (Å²) in [7, 11) is 0. The van der Waals surface area contributed by atoms with E-state index in [0.717, 1.165) is 18.7 Å². The Morgan fingerprint density at radius 2 is 2.00 bits per heavy atom. The van der Waals surface area contributed by atoms with E-state index in [9.17, 15) is 0 Å². The van der Waals surface area contributed by atoms with Crippen molar-refractivity contribution in [2.24, 2.45) is 0 Å². The number of benzene rings is 1. The largest absolute Gasteiger partial charge is 0.178 e. The highest BCUT2D eigenvalue weighted by Crippen LogP contribution is 2.11. The van der Waals surface area contributed by atoms with Crippen molar-refractivity contribution in [1.29, 1.82) is 0 Å². The van der Waals surface area contributed by atoms with Gasteiger partial charge in [0.05, 0.1) is 0 Å². The minimum atomic E-state index is 0.742. The van der Waals surface area contributed by atoms with Crippen molar-refractivity contribution in [2.45, 2.75) is 19.8 Å². The van der Waals surface area contributed by atoms with Gasteiger partial charge in [-0.2, -0.15) is 5.21 Å². The molecule has 1 aromatic heterocycles. The highest BCUT2D eigenvalue weighted by atomic mass is 15.5. The van der Waals surface area contributed by atoms with Gasteiger partial charge in [-0.1, -0.05) is 36.4 Å². The molecule has 4 nitrogen and oxygen atoms in total. The molecular weight excluding hydrogens is 176 g/mol. The average Bonchev–Trinajstić information content (AvgIpc) is 2.71. The van der Waals surface area contributed by atoms with Crippen LogP contribution in [0, 0.1) is 0 Å². The van der Waals surface area contributed by atoms with Crippen molar-refractivity contribution >= 4 is 0 Å². The zero-order valence-electron chi connectivity index (χ0n) is 8.07. The molecule has 0 fully saturated rings. The molecular formula is C10H12N4. The molecule has 1 aromatic carbocycles. The minimum absolute atomic E-state index is 0.742. The number of hydrogen-bond acceptors (Lipinski definition) is 3. The quantitative estimate of drug-likeness (QED) is 0.791. The third-order valence-electron chi connectivity index (χ3n) is 2.24. The van der Waals surface area contributed by atoms with Gasteiger partial charge in [-0.15, -0.1) is 10.2 Å². The first kappa shape index (κ1) is 8.87. The van der Waals surface area contributed by atoms with Gasteiger partial charge in [-0.3, -0.25) is 0 Å². The molecule has 0 aliphatic heterocycles. The van der Waals surface area contributed by atoms with Crippen LogP contribution in [0.4, 0.5) is 0 Å². The van der Waals surface area contributed by atoms with Crippen LogP contribution in [-0.2, 0) is 12.8 Å². The molecule has 0 atom stereocenters. The van der Waals surface area contributed by atoms with Crippen molar-refractivity contribution in [3.8, 4) is 0 Å².